The van der Waals surface area contributed by atoms with Gasteiger partial charge in [0.15, 0.2) is 5.13 Å². The molecular weight excluding hydrogens is 240 g/mol. The first-order chi connectivity index (χ1) is 8.16. The molecule has 0 aliphatic heterocycles. The van der Waals surface area contributed by atoms with Crippen LogP contribution >= 0.6 is 11.3 Å². The minimum absolute atomic E-state index is 0.334. The summed E-state index contributed by atoms with van der Waals surface area (Å²) in [5.74, 6) is 0.227. The summed E-state index contributed by atoms with van der Waals surface area (Å²) in [4.78, 5) is 16.1. The average molecular weight is 250 g/mol. The van der Waals surface area contributed by atoms with Gasteiger partial charge < -0.3 is 10.2 Å². The van der Waals surface area contributed by atoms with Crippen molar-refractivity contribution in [3.63, 3.8) is 0 Å². The van der Waals surface area contributed by atoms with Crippen LogP contribution in [0, 0.1) is 6.92 Å². The summed E-state index contributed by atoms with van der Waals surface area (Å²) in [7, 11) is 0. The Labute approximate surface area is 101 Å². The van der Waals surface area contributed by atoms with Crippen molar-refractivity contribution in [2.75, 3.05) is 5.73 Å². The largest absolute Gasteiger partial charge is 0.463 e. The molecule has 0 bridgehead atoms. The van der Waals surface area contributed by atoms with Gasteiger partial charge in [-0.25, -0.2) is 10.4 Å². The van der Waals surface area contributed by atoms with Crippen LogP contribution in [-0.4, -0.2) is 17.1 Å². The summed E-state index contributed by atoms with van der Waals surface area (Å²) in [5.41, 5.74) is 8.47. The van der Waals surface area contributed by atoms with Gasteiger partial charge in [-0.1, -0.05) is 11.3 Å². The lowest BCUT2D eigenvalue weighted by atomic mass is 10.4. The van der Waals surface area contributed by atoms with E-state index in [1.165, 1.54) is 12.5 Å². The second kappa shape index (κ2) is 4.79. The fourth-order valence-corrected chi connectivity index (χ4v) is 1.92. The van der Waals surface area contributed by atoms with Crippen LogP contribution < -0.4 is 11.2 Å². The molecule has 1 amide bonds. The topological polar surface area (TPSA) is 93.5 Å². The third-order valence-corrected chi connectivity index (χ3v) is 2.91. The van der Waals surface area contributed by atoms with Crippen LogP contribution in [0.3, 0.4) is 0 Å². The van der Waals surface area contributed by atoms with Crippen LogP contribution in [0.25, 0.3) is 0 Å². The highest BCUT2D eigenvalue weighted by Gasteiger charge is 2.13. The van der Waals surface area contributed by atoms with Crippen molar-refractivity contribution in [2.45, 2.75) is 6.92 Å². The molecule has 0 spiro atoms. The van der Waals surface area contributed by atoms with Gasteiger partial charge in [-0.15, -0.1) is 0 Å². The first kappa shape index (κ1) is 11.3. The van der Waals surface area contributed by atoms with Gasteiger partial charge in [0.05, 0.1) is 18.2 Å². The second-order valence-corrected chi connectivity index (χ2v) is 4.21. The molecule has 2 rings (SSSR count). The third kappa shape index (κ3) is 2.70. The van der Waals surface area contributed by atoms with Crippen LogP contribution in [0.4, 0.5) is 5.13 Å². The fraction of sp³-hybridized carbons (Fsp3) is 0.100. The van der Waals surface area contributed by atoms with Gasteiger partial charge in [0.2, 0.25) is 0 Å². The minimum atomic E-state index is -0.334. The first-order valence-electron chi connectivity index (χ1n) is 4.76. The van der Waals surface area contributed by atoms with Crippen LogP contribution in [0.5, 0.6) is 0 Å². The number of carbonyl (C=O) groups is 1. The SMILES string of the molecule is Cc1nc(N)sc1C(=O)N/N=C\c1ccco1. The molecular formula is C10H10N4O2S. The lowest BCUT2D eigenvalue weighted by molar-refractivity contribution is 0.0958. The Morgan fingerprint density at radius 3 is 3.12 bits per heavy atom. The quantitative estimate of drug-likeness (QED) is 0.635. The maximum absolute atomic E-state index is 11.7. The Bertz CT molecular complexity index is 545. The van der Waals surface area contributed by atoms with Crippen molar-refractivity contribution < 1.29 is 9.21 Å². The monoisotopic (exact) mass is 250 g/mol. The van der Waals surface area contributed by atoms with Gasteiger partial charge in [-0.05, 0) is 19.1 Å². The molecule has 0 saturated heterocycles. The van der Waals surface area contributed by atoms with Gasteiger partial charge in [-0.3, -0.25) is 4.79 Å². The Morgan fingerprint density at radius 1 is 1.71 bits per heavy atom. The number of nitrogens with two attached hydrogens (primary N) is 1. The van der Waals surface area contributed by atoms with Crippen molar-refractivity contribution in [3.8, 4) is 0 Å². The van der Waals surface area contributed by atoms with Crippen molar-refractivity contribution in [2.24, 2.45) is 5.10 Å². The molecule has 0 saturated carbocycles. The van der Waals surface area contributed by atoms with Gasteiger partial charge in [0, 0.05) is 0 Å². The number of aryl methyl sites for hydroxylation is 1. The number of amides is 1. The van der Waals surface area contributed by atoms with Crippen LogP contribution in [-0.2, 0) is 0 Å². The molecule has 3 N–H and O–H groups in total. The number of hydrogen-bond acceptors (Lipinski definition) is 6. The lowest BCUT2D eigenvalue weighted by Crippen LogP contribution is -2.17. The van der Waals surface area contributed by atoms with E-state index in [9.17, 15) is 4.79 Å². The molecule has 2 aromatic rings. The van der Waals surface area contributed by atoms with Crippen molar-refractivity contribution in [1.82, 2.24) is 10.4 Å². The van der Waals surface area contributed by atoms with E-state index >= 15 is 0 Å². The molecule has 0 unspecified atom stereocenters. The number of nitrogens with one attached hydrogen (secondary N) is 1. The van der Waals surface area contributed by atoms with E-state index in [0.29, 0.717) is 21.5 Å². The third-order valence-electron chi connectivity index (χ3n) is 1.92. The number of hydrazone groups is 1. The molecule has 0 radical (unpaired) electrons. The average Bonchev–Trinajstić information content (AvgIpc) is 2.88. The number of nitrogen functional groups attached to an aromatic ring is 1. The van der Waals surface area contributed by atoms with E-state index in [0.717, 1.165) is 11.3 Å². The lowest BCUT2D eigenvalue weighted by Gasteiger charge is -1.95. The number of carbonyl (C=O) groups excluding carboxylic acids is 1. The number of nitrogens with zero attached hydrogens (tertiary/aromatic N) is 2. The highest BCUT2D eigenvalue weighted by Crippen LogP contribution is 2.19. The molecule has 0 fully saturated rings. The fourth-order valence-electron chi connectivity index (χ4n) is 1.20. The molecule has 0 atom stereocenters. The summed E-state index contributed by atoms with van der Waals surface area (Å²) in [6.07, 6.45) is 2.94. The highest BCUT2D eigenvalue weighted by atomic mass is 32.1. The Morgan fingerprint density at radius 2 is 2.53 bits per heavy atom. The summed E-state index contributed by atoms with van der Waals surface area (Å²) in [6, 6.07) is 3.46. The molecule has 0 aliphatic rings. The van der Waals surface area contributed by atoms with Crippen molar-refractivity contribution in [3.05, 3.63) is 34.7 Å². The molecule has 7 heteroatoms. The van der Waals surface area contributed by atoms with Crippen LogP contribution in [0.1, 0.15) is 21.1 Å². The molecule has 2 heterocycles. The maximum atomic E-state index is 11.7. The predicted molar refractivity (Wildman–Crippen MR) is 65.0 cm³/mol. The zero-order valence-electron chi connectivity index (χ0n) is 9.01. The second-order valence-electron chi connectivity index (χ2n) is 3.18. The Kier molecular flexibility index (Phi) is 3.20. The first-order valence-corrected chi connectivity index (χ1v) is 5.58. The zero-order chi connectivity index (χ0) is 12.3. The highest BCUT2D eigenvalue weighted by molar-refractivity contribution is 7.17. The molecule has 6 nitrogen and oxygen atoms in total. The summed E-state index contributed by atoms with van der Waals surface area (Å²) >= 11 is 1.13. The molecule has 2 aromatic heterocycles. The van der Waals surface area contributed by atoms with E-state index in [4.69, 9.17) is 10.2 Å². The van der Waals surface area contributed by atoms with Crippen molar-refractivity contribution >= 4 is 28.6 Å². The standard InChI is InChI=1S/C10H10N4O2S/c1-6-8(17-10(11)13-6)9(15)14-12-5-7-3-2-4-16-7/h2-5H,1H3,(H2,11,13)(H,14,15)/b12-5-. The number of furan rings is 1. The van der Waals surface area contributed by atoms with Crippen LogP contribution in [0.15, 0.2) is 27.9 Å². The number of thiazole rings is 1. The number of hydrogen-bond donors (Lipinski definition) is 2. The van der Waals surface area contributed by atoms with Gasteiger partial charge >= 0.3 is 0 Å². The number of anilines is 1. The van der Waals surface area contributed by atoms with Crippen LogP contribution in [0.2, 0.25) is 0 Å². The molecule has 17 heavy (non-hydrogen) atoms. The maximum Gasteiger partial charge on any atom is 0.283 e. The van der Waals surface area contributed by atoms with E-state index in [-0.39, 0.29) is 5.91 Å². The summed E-state index contributed by atoms with van der Waals surface area (Å²) < 4.78 is 5.02. The minimum Gasteiger partial charge on any atom is -0.463 e. The molecule has 88 valence electrons. The Hall–Kier alpha value is -2.15. The normalized spacial score (nSPS) is 10.9. The van der Waals surface area contributed by atoms with E-state index < -0.39 is 0 Å². The number of rotatable bonds is 3. The van der Waals surface area contributed by atoms with Gasteiger partial charge in [-0.2, -0.15) is 5.10 Å². The number of aromatic nitrogens is 1. The Balaban J connectivity index is 2.00. The summed E-state index contributed by atoms with van der Waals surface area (Å²) in [6.45, 7) is 1.72. The van der Waals surface area contributed by atoms with E-state index in [1.807, 2.05) is 0 Å². The smallest absolute Gasteiger partial charge is 0.283 e. The van der Waals surface area contributed by atoms with Crippen molar-refractivity contribution in [1.29, 1.82) is 0 Å². The van der Waals surface area contributed by atoms with E-state index in [2.05, 4.69) is 15.5 Å². The molecule has 0 aromatic carbocycles. The molecule has 0 aliphatic carbocycles. The van der Waals surface area contributed by atoms with Gasteiger partial charge in [0.1, 0.15) is 10.6 Å². The summed E-state index contributed by atoms with van der Waals surface area (Å²) in [5, 5.41) is 4.12. The zero-order valence-corrected chi connectivity index (χ0v) is 9.82. The predicted octanol–water partition coefficient (Wildman–Crippen LogP) is 1.39. The van der Waals surface area contributed by atoms with E-state index in [1.54, 1.807) is 19.1 Å². The van der Waals surface area contributed by atoms with Gasteiger partial charge in [0.25, 0.3) is 5.91 Å².